The van der Waals surface area contributed by atoms with E-state index in [-0.39, 0.29) is 0 Å². The van der Waals surface area contributed by atoms with Gasteiger partial charge in [-0.15, -0.1) is 0 Å². The fourth-order valence-corrected chi connectivity index (χ4v) is 3.51. The number of hydrogen-bond acceptors (Lipinski definition) is 4. The predicted octanol–water partition coefficient (Wildman–Crippen LogP) is 5.97. The van der Waals surface area contributed by atoms with Crippen molar-refractivity contribution in [3.8, 4) is 22.4 Å². The van der Waals surface area contributed by atoms with Crippen LogP contribution in [-0.4, -0.2) is 15.0 Å². The fourth-order valence-electron chi connectivity index (χ4n) is 3.51. The predicted molar refractivity (Wildman–Crippen MR) is 122 cm³/mol. The van der Waals surface area contributed by atoms with Crippen molar-refractivity contribution < 1.29 is 0 Å². The van der Waals surface area contributed by atoms with Crippen molar-refractivity contribution in [2.45, 2.75) is 6.54 Å². The molecule has 4 heteroatoms. The van der Waals surface area contributed by atoms with Crippen LogP contribution in [0.5, 0.6) is 0 Å². The van der Waals surface area contributed by atoms with Gasteiger partial charge in [0.15, 0.2) is 0 Å². The highest BCUT2D eigenvalue weighted by Crippen LogP contribution is 2.24. The Balaban J connectivity index is 1.31. The third-order valence-electron chi connectivity index (χ3n) is 5.15. The molecular weight excluding hydrogens is 368 g/mol. The lowest BCUT2D eigenvalue weighted by atomic mass is 10.0. The van der Waals surface area contributed by atoms with Crippen molar-refractivity contribution >= 4 is 16.6 Å². The molecule has 0 atom stereocenters. The quantitative estimate of drug-likeness (QED) is 0.403. The molecule has 2 heterocycles. The molecule has 0 aliphatic rings. The third kappa shape index (κ3) is 3.89. The van der Waals surface area contributed by atoms with Gasteiger partial charge in [0.05, 0.1) is 5.69 Å². The van der Waals surface area contributed by atoms with Gasteiger partial charge in [0.25, 0.3) is 0 Å². The first kappa shape index (κ1) is 18.0. The second-order valence-corrected chi connectivity index (χ2v) is 7.14. The van der Waals surface area contributed by atoms with Gasteiger partial charge < -0.3 is 5.32 Å². The van der Waals surface area contributed by atoms with E-state index in [2.05, 4.69) is 87.0 Å². The summed E-state index contributed by atoms with van der Waals surface area (Å²) in [5.41, 5.74) is 5.54. The number of aromatic nitrogens is 3. The molecule has 0 saturated carbocycles. The summed E-state index contributed by atoms with van der Waals surface area (Å²) in [5, 5.41) is 5.84. The van der Waals surface area contributed by atoms with Crippen LogP contribution in [0.2, 0.25) is 0 Å². The van der Waals surface area contributed by atoms with Crippen molar-refractivity contribution in [3.63, 3.8) is 0 Å². The molecule has 30 heavy (non-hydrogen) atoms. The number of nitrogens with one attached hydrogen (secondary N) is 1. The first-order valence-electron chi connectivity index (χ1n) is 9.90. The van der Waals surface area contributed by atoms with Crippen LogP contribution in [0.1, 0.15) is 5.56 Å². The van der Waals surface area contributed by atoms with Crippen LogP contribution in [0.15, 0.2) is 104 Å². The molecule has 3 aromatic carbocycles. The van der Waals surface area contributed by atoms with E-state index in [4.69, 9.17) is 0 Å². The maximum atomic E-state index is 4.46. The normalized spacial score (nSPS) is 10.8. The van der Waals surface area contributed by atoms with Crippen molar-refractivity contribution in [1.29, 1.82) is 0 Å². The van der Waals surface area contributed by atoms with E-state index in [0.29, 0.717) is 6.54 Å². The Hall–Kier alpha value is -4.05. The summed E-state index contributed by atoms with van der Waals surface area (Å²) in [6.45, 7) is 0.699. The number of fused-ring (bicyclic) bond motifs is 1. The Morgan fingerprint density at radius 2 is 1.37 bits per heavy atom. The van der Waals surface area contributed by atoms with Crippen molar-refractivity contribution in [2.24, 2.45) is 0 Å². The summed E-state index contributed by atoms with van der Waals surface area (Å²) < 4.78 is 0. The molecule has 2 aromatic heterocycles. The Morgan fingerprint density at radius 1 is 0.633 bits per heavy atom. The largest absolute Gasteiger partial charge is 0.366 e. The topological polar surface area (TPSA) is 50.7 Å². The summed E-state index contributed by atoms with van der Waals surface area (Å²) in [6, 6.07) is 29.3. The maximum absolute atomic E-state index is 4.46. The zero-order valence-electron chi connectivity index (χ0n) is 16.4. The molecule has 0 fully saturated rings. The minimum absolute atomic E-state index is 0.699. The zero-order chi connectivity index (χ0) is 20.2. The van der Waals surface area contributed by atoms with Crippen LogP contribution >= 0.6 is 0 Å². The first-order chi connectivity index (χ1) is 14.8. The average molecular weight is 388 g/mol. The van der Waals surface area contributed by atoms with Gasteiger partial charge >= 0.3 is 0 Å². The molecule has 4 nitrogen and oxygen atoms in total. The van der Waals surface area contributed by atoms with Crippen LogP contribution in [0, 0.1) is 0 Å². The standard InChI is InChI=1S/C26H20N4/c1-2-4-23-15-24(10-9-20(23)3-1)25-16-26(30-18-29-25)28-17-19-5-7-21(8-6-19)22-11-13-27-14-12-22/h1-16,18H,17H2,(H,28,29,30). The summed E-state index contributed by atoms with van der Waals surface area (Å²) >= 11 is 0. The van der Waals surface area contributed by atoms with Crippen molar-refractivity contribution in [3.05, 3.63) is 109 Å². The van der Waals surface area contributed by atoms with Crippen LogP contribution in [-0.2, 0) is 6.54 Å². The maximum Gasteiger partial charge on any atom is 0.130 e. The van der Waals surface area contributed by atoms with E-state index in [1.54, 1.807) is 6.33 Å². The summed E-state index contributed by atoms with van der Waals surface area (Å²) in [7, 11) is 0. The van der Waals surface area contributed by atoms with E-state index in [0.717, 1.165) is 17.1 Å². The van der Waals surface area contributed by atoms with Gasteiger partial charge in [0, 0.05) is 30.6 Å². The molecule has 0 bridgehead atoms. The Morgan fingerprint density at radius 3 is 2.20 bits per heavy atom. The van der Waals surface area contributed by atoms with Gasteiger partial charge in [0.1, 0.15) is 12.1 Å². The minimum atomic E-state index is 0.699. The Bertz CT molecular complexity index is 1280. The van der Waals surface area contributed by atoms with Crippen LogP contribution in [0.4, 0.5) is 5.82 Å². The molecule has 1 N–H and O–H groups in total. The smallest absolute Gasteiger partial charge is 0.130 e. The molecule has 5 aromatic rings. The molecular formula is C26H20N4. The highest BCUT2D eigenvalue weighted by atomic mass is 15.0. The molecule has 0 amide bonds. The summed E-state index contributed by atoms with van der Waals surface area (Å²) in [5.74, 6) is 0.811. The van der Waals surface area contributed by atoms with Crippen molar-refractivity contribution in [2.75, 3.05) is 5.32 Å². The van der Waals surface area contributed by atoms with Gasteiger partial charge in [-0.2, -0.15) is 0 Å². The Labute approximate surface area is 175 Å². The van der Waals surface area contributed by atoms with Gasteiger partial charge in [0.2, 0.25) is 0 Å². The summed E-state index contributed by atoms with van der Waals surface area (Å²) in [6.07, 6.45) is 5.24. The minimum Gasteiger partial charge on any atom is -0.366 e. The zero-order valence-corrected chi connectivity index (χ0v) is 16.4. The second-order valence-electron chi connectivity index (χ2n) is 7.14. The average Bonchev–Trinajstić information content (AvgIpc) is 2.83. The van der Waals surface area contributed by atoms with Gasteiger partial charge in [-0.05, 0) is 45.7 Å². The van der Waals surface area contributed by atoms with Crippen LogP contribution in [0.25, 0.3) is 33.2 Å². The van der Waals surface area contributed by atoms with E-state index in [1.165, 1.54) is 27.5 Å². The SMILES string of the molecule is c1ccc2cc(-c3cc(NCc4ccc(-c5ccncc5)cc4)ncn3)ccc2c1. The molecule has 5 rings (SSSR count). The van der Waals surface area contributed by atoms with Gasteiger partial charge in [-0.1, -0.05) is 60.7 Å². The molecule has 144 valence electrons. The number of hydrogen-bond donors (Lipinski definition) is 1. The van der Waals surface area contributed by atoms with E-state index >= 15 is 0 Å². The van der Waals surface area contributed by atoms with E-state index < -0.39 is 0 Å². The number of anilines is 1. The highest BCUT2D eigenvalue weighted by molar-refractivity contribution is 5.86. The number of pyridine rings is 1. The van der Waals surface area contributed by atoms with Gasteiger partial charge in [-0.3, -0.25) is 4.98 Å². The summed E-state index contributed by atoms with van der Waals surface area (Å²) in [4.78, 5) is 12.9. The molecule has 0 saturated heterocycles. The lowest BCUT2D eigenvalue weighted by Gasteiger charge is -2.09. The molecule has 0 aliphatic heterocycles. The third-order valence-corrected chi connectivity index (χ3v) is 5.15. The fraction of sp³-hybridized carbons (Fsp3) is 0.0385. The van der Waals surface area contributed by atoms with Crippen molar-refractivity contribution in [1.82, 2.24) is 15.0 Å². The lowest BCUT2D eigenvalue weighted by molar-refractivity contribution is 1.08. The number of benzene rings is 3. The second kappa shape index (κ2) is 8.13. The molecule has 0 radical (unpaired) electrons. The van der Waals surface area contributed by atoms with Crippen LogP contribution in [0.3, 0.4) is 0 Å². The number of rotatable bonds is 5. The molecule has 0 spiro atoms. The highest BCUT2D eigenvalue weighted by Gasteiger charge is 2.04. The Kier molecular flexibility index (Phi) is 4.88. The lowest BCUT2D eigenvalue weighted by Crippen LogP contribution is -2.02. The van der Waals surface area contributed by atoms with Crippen LogP contribution < -0.4 is 5.32 Å². The van der Waals surface area contributed by atoms with E-state index in [9.17, 15) is 0 Å². The monoisotopic (exact) mass is 388 g/mol. The molecule has 0 aliphatic carbocycles. The number of nitrogens with zero attached hydrogens (tertiary/aromatic N) is 3. The van der Waals surface area contributed by atoms with Gasteiger partial charge in [-0.25, -0.2) is 9.97 Å². The molecule has 0 unspecified atom stereocenters. The van der Waals surface area contributed by atoms with E-state index in [1.807, 2.05) is 30.6 Å². The first-order valence-corrected chi connectivity index (χ1v) is 9.90.